The number of piperidine rings is 1. The van der Waals surface area contributed by atoms with E-state index in [9.17, 15) is 14.0 Å². The molecular weight excluding hydrogens is 339 g/mol. The Bertz CT molecular complexity index is 594. The number of rotatable bonds is 8. The van der Waals surface area contributed by atoms with Gasteiger partial charge in [-0.25, -0.2) is 4.39 Å². The van der Waals surface area contributed by atoms with E-state index in [2.05, 4.69) is 0 Å². The van der Waals surface area contributed by atoms with Crippen molar-refractivity contribution in [1.82, 2.24) is 9.80 Å². The van der Waals surface area contributed by atoms with E-state index in [4.69, 9.17) is 9.47 Å². The number of benzene rings is 1. The Balaban J connectivity index is 1.72. The molecule has 1 atom stereocenters. The summed E-state index contributed by atoms with van der Waals surface area (Å²) >= 11 is 0. The van der Waals surface area contributed by atoms with Crippen LogP contribution >= 0.6 is 0 Å². The average Bonchev–Trinajstić information content (AvgIpc) is 2.63. The third-order valence-corrected chi connectivity index (χ3v) is 4.35. The van der Waals surface area contributed by atoms with Gasteiger partial charge in [-0.05, 0) is 51.1 Å². The van der Waals surface area contributed by atoms with E-state index in [1.54, 1.807) is 24.0 Å². The van der Waals surface area contributed by atoms with Crippen LogP contribution in [0.15, 0.2) is 24.3 Å². The molecule has 1 heterocycles. The zero-order chi connectivity index (χ0) is 18.9. The minimum absolute atomic E-state index is 0.00304. The Kier molecular flexibility index (Phi) is 7.84. The molecule has 1 unspecified atom stereocenters. The highest BCUT2D eigenvalue weighted by Crippen LogP contribution is 2.18. The van der Waals surface area contributed by atoms with Gasteiger partial charge in [-0.3, -0.25) is 14.5 Å². The minimum Gasteiger partial charge on any atom is -0.492 e. The second-order valence-corrected chi connectivity index (χ2v) is 6.47. The molecule has 1 aromatic carbocycles. The average molecular weight is 366 g/mol. The van der Waals surface area contributed by atoms with Gasteiger partial charge in [0.2, 0.25) is 5.91 Å². The van der Waals surface area contributed by atoms with Crippen molar-refractivity contribution in [2.45, 2.75) is 19.8 Å². The zero-order valence-electron chi connectivity index (χ0n) is 15.4. The van der Waals surface area contributed by atoms with E-state index in [-0.39, 0.29) is 30.2 Å². The summed E-state index contributed by atoms with van der Waals surface area (Å²) in [6.45, 7) is 4.49. The first kappa shape index (κ1) is 20.2. The first-order valence-electron chi connectivity index (χ1n) is 9.01. The maximum Gasteiger partial charge on any atom is 0.310 e. The number of hydrogen-bond acceptors (Lipinski definition) is 5. The lowest BCUT2D eigenvalue weighted by Gasteiger charge is -2.32. The van der Waals surface area contributed by atoms with Crippen LogP contribution in [0, 0.1) is 11.7 Å². The van der Waals surface area contributed by atoms with Crippen LogP contribution in [0.1, 0.15) is 19.8 Å². The summed E-state index contributed by atoms with van der Waals surface area (Å²) in [5.41, 5.74) is 0. The maximum atomic E-state index is 12.8. The smallest absolute Gasteiger partial charge is 0.310 e. The van der Waals surface area contributed by atoms with Crippen molar-refractivity contribution in [3.63, 3.8) is 0 Å². The van der Waals surface area contributed by atoms with Crippen LogP contribution in [0.2, 0.25) is 0 Å². The monoisotopic (exact) mass is 366 g/mol. The number of nitrogens with zero attached hydrogens (tertiary/aromatic N) is 2. The Morgan fingerprint density at radius 1 is 1.31 bits per heavy atom. The van der Waals surface area contributed by atoms with Crippen LogP contribution in [0.4, 0.5) is 4.39 Å². The van der Waals surface area contributed by atoms with Crippen LogP contribution in [-0.2, 0) is 14.3 Å². The molecule has 7 heteroatoms. The molecule has 0 aromatic heterocycles. The standard InChI is InChI=1S/C19H27FN2O4/c1-3-25-19(24)15-5-4-10-22(13-15)18(23)14-21(2)11-12-26-17-8-6-16(20)7-9-17/h6-9,15H,3-5,10-14H2,1-2H3. The number of ether oxygens (including phenoxy) is 2. The topological polar surface area (TPSA) is 59.1 Å². The van der Waals surface area contributed by atoms with Gasteiger partial charge in [0.15, 0.2) is 0 Å². The molecule has 1 saturated heterocycles. The van der Waals surface area contributed by atoms with Crippen molar-refractivity contribution in [3.8, 4) is 5.75 Å². The number of likely N-dealkylation sites (N-methyl/N-ethyl adjacent to an activating group) is 1. The normalized spacial score (nSPS) is 17.2. The molecule has 0 saturated carbocycles. The van der Waals surface area contributed by atoms with Crippen LogP contribution in [0.3, 0.4) is 0 Å². The van der Waals surface area contributed by atoms with E-state index in [0.717, 1.165) is 12.8 Å². The molecule has 26 heavy (non-hydrogen) atoms. The van der Waals surface area contributed by atoms with E-state index in [1.807, 2.05) is 11.9 Å². The van der Waals surface area contributed by atoms with Crippen molar-refractivity contribution >= 4 is 11.9 Å². The minimum atomic E-state index is -0.303. The van der Waals surface area contributed by atoms with Crippen LogP contribution in [-0.4, -0.2) is 68.1 Å². The first-order chi connectivity index (χ1) is 12.5. The number of halogens is 1. The van der Waals surface area contributed by atoms with Crippen molar-refractivity contribution in [2.24, 2.45) is 5.92 Å². The van der Waals surface area contributed by atoms with Gasteiger partial charge < -0.3 is 14.4 Å². The predicted molar refractivity (Wildman–Crippen MR) is 95.3 cm³/mol. The van der Waals surface area contributed by atoms with Gasteiger partial charge in [-0.15, -0.1) is 0 Å². The van der Waals surface area contributed by atoms with E-state index >= 15 is 0 Å². The van der Waals surface area contributed by atoms with Gasteiger partial charge >= 0.3 is 5.97 Å². The fourth-order valence-electron chi connectivity index (χ4n) is 2.92. The Labute approximate surface area is 153 Å². The molecular formula is C19H27FN2O4. The fourth-order valence-corrected chi connectivity index (χ4v) is 2.92. The molecule has 6 nitrogen and oxygen atoms in total. The highest BCUT2D eigenvalue weighted by Gasteiger charge is 2.29. The number of likely N-dealkylation sites (tertiary alicyclic amines) is 1. The molecule has 0 bridgehead atoms. The highest BCUT2D eigenvalue weighted by molar-refractivity contribution is 5.80. The number of hydrogen-bond donors (Lipinski definition) is 0. The second-order valence-electron chi connectivity index (χ2n) is 6.47. The summed E-state index contributed by atoms with van der Waals surface area (Å²) < 4.78 is 23.4. The summed E-state index contributed by atoms with van der Waals surface area (Å²) in [4.78, 5) is 27.9. The third kappa shape index (κ3) is 6.29. The summed E-state index contributed by atoms with van der Waals surface area (Å²) in [6.07, 6.45) is 1.58. The molecule has 1 aromatic rings. The molecule has 0 spiro atoms. The molecule has 1 aliphatic heterocycles. The summed E-state index contributed by atoms with van der Waals surface area (Å²) in [7, 11) is 1.85. The lowest BCUT2D eigenvalue weighted by atomic mass is 9.98. The summed E-state index contributed by atoms with van der Waals surface area (Å²) in [6, 6.07) is 5.84. The number of amides is 1. The Hall–Kier alpha value is -2.15. The Morgan fingerprint density at radius 3 is 2.73 bits per heavy atom. The van der Waals surface area contributed by atoms with Crippen molar-refractivity contribution in [1.29, 1.82) is 0 Å². The Morgan fingerprint density at radius 2 is 2.04 bits per heavy atom. The molecule has 0 N–H and O–H groups in total. The largest absolute Gasteiger partial charge is 0.492 e. The van der Waals surface area contributed by atoms with Crippen LogP contribution in [0.5, 0.6) is 5.75 Å². The van der Waals surface area contributed by atoms with Gasteiger partial charge in [0.1, 0.15) is 18.2 Å². The molecule has 144 valence electrons. The van der Waals surface area contributed by atoms with Gasteiger partial charge in [0.05, 0.1) is 19.1 Å². The predicted octanol–water partition coefficient (Wildman–Crippen LogP) is 1.94. The van der Waals surface area contributed by atoms with E-state index in [1.165, 1.54) is 12.1 Å². The third-order valence-electron chi connectivity index (χ3n) is 4.35. The van der Waals surface area contributed by atoms with Crippen molar-refractivity contribution in [2.75, 3.05) is 46.4 Å². The van der Waals surface area contributed by atoms with Gasteiger partial charge in [-0.1, -0.05) is 0 Å². The first-order valence-corrected chi connectivity index (χ1v) is 9.01. The van der Waals surface area contributed by atoms with Crippen molar-refractivity contribution in [3.05, 3.63) is 30.1 Å². The molecule has 0 aliphatic carbocycles. The molecule has 1 amide bonds. The molecule has 1 fully saturated rings. The number of carbonyl (C=O) groups is 2. The second kappa shape index (κ2) is 10.1. The van der Waals surface area contributed by atoms with Gasteiger partial charge in [0, 0.05) is 19.6 Å². The lowest BCUT2D eigenvalue weighted by molar-refractivity contribution is -0.151. The molecule has 2 rings (SSSR count). The lowest BCUT2D eigenvalue weighted by Crippen LogP contribution is -2.46. The number of carbonyl (C=O) groups excluding carboxylic acids is 2. The van der Waals surface area contributed by atoms with Crippen LogP contribution < -0.4 is 4.74 Å². The quantitative estimate of drug-likeness (QED) is 0.658. The maximum absolute atomic E-state index is 12.8. The highest BCUT2D eigenvalue weighted by atomic mass is 19.1. The van der Waals surface area contributed by atoms with Crippen molar-refractivity contribution < 1.29 is 23.5 Å². The zero-order valence-corrected chi connectivity index (χ0v) is 15.4. The van der Waals surface area contributed by atoms with E-state index in [0.29, 0.717) is 38.6 Å². The summed E-state index contributed by atoms with van der Waals surface area (Å²) in [5.74, 6) is -0.142. The van der Waals surface area contributed by atoms with Gasteiger partial charge in [-0.2, -0.15) is 0 Å². The fraction of sp³-hybridized carbons (Fsp3) is 0.579. The molecule has 1 aliphatic rings. The summed E-state index contributed by atoms with van der Waals surface area (Å²) in [5, 5.41) is 0. The van der Waals surface area contributed by atoms with Gasteiger partial charge in [0.25, 0.3) is 0 Å². The van der Waals surface area contributed by atoms with Crippen LogP contribution in [0.25, 0.3) is 0 Å². The molecule has 0 radical (unpaired) electrons. The van der Waals surface area contributed by atoms with E-state index < -0.39 is 0 Å². The SMILES string of the molecule is CCOC(=O)C1CCCN(C(=O)CN(C)CCOc2ccc(F)cc2)C1. The number of esters is 1.